The van der Waals surface area contributed by atoms with Crippen LogP contribution in [0.2, 0.25) is 10.0 Å². The number of ether oxygens (including phenoxy) is 2. The fraction of sp³-hybridized carbons (Fsp3) is 0.455. The highest BCUT2D eigenvalue weighted by atomic mass is 35.5. The van der Waals surface area contributed by atoms with Gasteiger partial charge in [-0.25, -0.2) is 41.3 Å². The van der Waals surface area contributed by atoms with E-state index in [1.165, 1.54) is 18.6 Å². The molecule has 1 aromatic heterocycles. The van der Waals surface area contributed by atoms with Crippen LogP contribution in [0.1, 0.15) is 79.8 Å². The maximum atomic E-state index is 15.1. The van der Waals surface area contributed by atoms with Crippen molar-refractivity contribution in [2.75, 3.05) is 26.7 Å². The maximum absolute atomic E-state index is 15.1. The minimum Gasteiger partial charge on any atom is -0.465 e. The number of benzene rings is 2. The van der Waals surface area contributed by atoms with E-state index in [-0.39, 0.29) is 49.0 Å². The van der Waals surface area contributed by atoms with Crippen LogP contribution in [-0.4, -0.2) is 128 Å². The predicted octanol–water partition coefficient (Wildman–Crippen LogP) is 3.50. The Bertz CT molecular complexity index is 2500. The molecule has 0 aliphatic carbocycles. The molecule has 4 rings (SSSR count). The zero-order valence-electron chi connectivity index (χ0n) is 38.1. The van der Waals surface area contributed by atoms with Crippen molar-refractivity contribution in [3.63, 3.8) is 0 Å². The number of amides is 7. The summed E-state index contributed by atoms with van der Waals surface area (Å²) in [5, 5.41) is 8.53. The van der Waals surface area contributed by atoms with E-state index in [1.54, 1.807) is 62.7 Å². The highest BCUT2D eigenvalue weighted by molar-refractivity contribution is 7.90. The van der Waals surface area contributed by atoms with Gasteiger partial charge in [0, 0.05) is 25.2 Å². The number of nitrogens with one attached hydrogen (secondary N) is 5. The Labute approximate surface area is 406 Å². The molecule has 6 unspecified atom stereocenters. The number of methoxy groups -OCH3 is 1. The number of rotatable bonds is 22. The van der Waals surface area contributed by atoms with Gasteiger partial charge in [0.25, 0.3) is 27.7 Å². The van der Waals surface area contributed by atoms with Crippen molar-refractivity contribution in [1.82, 2.24) is 36.0 Å². The second-order valence-electron chi connectivity index (χ2n) is 16.5. The molecule has 0 spiro atoms. The Kier molecular flexibility index (Phi) is 20.2. The van der Waals surface area contributed by atoms with Crippen molar-refractivity contribution in [2.45, 2.75) is 95.5 Å². The monoisotopic (exact) mass is 1030 g/mol. The molecule has 6 atom stereocenters. The highest BCUT2D eigenvalue weighted by Gasteiger charge is 2.56. The van der Waals surface area contributed by atoms with Gasteiger partial charge in [-0.05, 0) is 36.0 Å². The molecule has 2 aromatic carbocycles. The molecule has 7 amide bonds. The normalized spacial score (nSPS) is 17.5. The van der Waals surface area contributed by atoms with Crippen LogP contribution >= 0.6 is 23.2 Å². The Morgan fingerprint density at radius 3 is 2.22 bits per heavy atom. The minimum absolute atomic E-state index is 0.0536. The van der Waals surface area contributed by atoms with Gasteiger partial charge in [0.05, 0.1) is 48.6 Å². The van der Waals surface area contributed by atoms with Crippen molar-refractivity contribution in [2.24, 2.45) is 11.8 Å². The number of hydrogen-bond donors (Lipinski definition) is 5. The Morgan fingerprint density at radius 2 is 1.61 bits per heavy atom. The lowest BCUT2D eigenvalue weighted by molar-refractivity contribution is -0.763. The zero-order valence-corrected chi connectivity index (χ0v) is 40.5. The van der Waals surface area contributed by atoms with Crippen LogP contribution in [0.5, 0.6) is 0 Å². The van der Waals surface area contributed by atoms with Crippen LogP contribution in [0.4, 0.5) is 13.6 Å². The van der Waals surface area contributed by atoms with Crippen molar-refractivity contribution in [3.8, 4) is 0 Å². The first-order valence-corrected chi connectivity index (χ1v) is 23.8. The second-order valence-corrected chi connectivity index (χ2v) is 19.0. The van der Waals surface area contributed by atoms with Gasteiger partial charge in [-0.2, -0.15) is 4.48 Å². The van der Waals surface area contributed by atoms with Gasteiger partial charge >= 0.3 is 17.9 Å². The number of sulfonamides is 1. The molecule has 0 saturated carbocycles. The molecule has 1 aliphatic rings. The van der Waals surface area contributed by atoms with E-state index < -0.39 is 133 Å². The second kappa shape index (κ2) is 25.0. The molecular weight excluding hydrogens is 973 g/mol. The number of likely N-dealkylation sites (tertiary alicyclic amines) is 1. The number of Topliss-reactive ketones (excluding diaryl/α,β-unsaturated/α-hetero) is 1. The van der Waals surface area contributed by atoms with Gasteiger partial charge in [-0.1, -0.05) is 87.6 Å². The molecule has 2 heterocycles. The third kappa shape index (κ3) is 15.0. The Balaban J connectivity index is 1.60. The van der Waals surface area contributed by atoms with Gasteiger partial charge in [-0.3, -0.25) is 34.3 Å². The average molecular weight is 1030 g/mol. The molecule has 0 bridgehead atoms. The van der Waals surface area contributed by atoms with Crippen molar-refractivity contribution >= 4 is 80.5 Å². The molecule has 69 heavy (non-hydrogen) atoms. The number of urea groups is 1. The van der Waals surface area contributed by atoms with Crippen molar-refractivity contribution < 1.29 is 69.5 Å². The standard InChI is InChI=1S/C44H52Cl2F2N8O12S/c1-6-25(4)37(54-39(59)32(16-24(2)3)52-40(60)33-20-49-13-14-50-33)42(62)56(15-12-27(22-56)68-23-26-10-8-7-9-11-26)44(64)53-31(19-35(47)48)38(58)41(61)51-21-36(57)55-69(65,66)34-17-28(43(63)67-5)29(45)18-30(34)46/h7-11,13-14,17-18,20,24-25,27,31-32,35,37H,6,12,15-16,19,21-23H2,1-5H3,(H4-,51,52,53,54,55,57,59,60,61,64)/p+1. The average Bonchev–Trinajstić information content (AvgIpc) is 3.76. The number of nitrogens with zero attached hydrogens (tertiary/aromatic N) is 3. The molecule has 25 heteroatoms. The molecule has 5 N–H and O–H groups in total. The summed E-state index contributed by atoms with van der Waals surface area (Å²) in [5.41, 5.74) is 0.250. The fourth-order valence-electron chi connectivity index (χ4n) is 7.19. The molecule has 1 fully saturated rings. The van der Waals surface area contributed by atoms with E-state index in [9.17, 15) is 50.8 Å². The highest BCUT2D eigenvalue weighted by Crippen LogP contribution is 2.30. The van der Waals surface area contributed by atoms with Gasteiger partial charge in [0.1, 0.15) is 41.4 Å². The molecule has 0 radical (unpaired) electrons. The summed E-state index contributed by atoms with van der Waals surface area (Å²) in [7, 11) is -3.87. The molecule has 20 nitrogen and oxygen atoms in total. The lowest BCUT2D eigenvalue weighted by Crippen LogP contribution is -2.68. The SMILES string of the molecule is CCC(C)C(NC(=O)C(CC(C)C)NC(=O)c1cnccn1)C(=O)[N+]1(C(=O)NC(CC(F)F)C(=O)C(=O)NCC(=O)NS(=O)(=O)c2cc(C(=O)OC)c(Cl)cc2Cl)CCC(OCc2ccccc2)C1. The molecular formula is C44H53Cl2F2N8O12S+. The molecule has 3 aromatic rings. The number of imide groups is 1. The summed E-state index contributed by atoms with van der Waals surface area (Å²) >= 11 is 12.0. The first kappa shape index (κ1) is 55.6. The van der Waals surface area contributed by atoms with E-state index in [0.29, 0.717) is 0 Å². The topological polar surface area (TPSA) is 275 Å². The third-order valence-corrected chi connectivity index (χ3v) is 13.2. The summed E-state index contributed by atoms with van der Waals surface area (Å²) in [4.78, 5) is 115. The summed E-state index contributed by atoms with van der Waals surface area (Å²) in [6.07, 6.45) is -1.26. The molecule has 1 saturated heterocycles. The third-order valence-electron chi connectivity index (χ3n) is 11.0. The summed E-state index contributed by atoms with van der Waals surface area (Å²) in [5.74, 6) is -9.11. The Morgan fingerprint density at radius 1 is 0.913 bits per heavy atom. The summed E-state index contributed by atoms with van der Waals surface area (Å²) in [6, 6.07) is 4.31. The van der Waals surface area contributed by atoms with E-state index in [4.69, 9.17) is 27.9 Å². The first-order chi connectivity index (χ1) is 32.5. The van der Waals surface area contributed by atoms with Crippen LogP contribution in [-0.2, 0) is 50.1 Å². The smallest absolute Gasteiger partial charge is 0.424 e. The van der Waals surface area contributed by atoms with Gasteiger partial charge in [0.15, 0.2) is 0 Å². The first-order valence-electron chi connectivity index (χ1n) is 21.5. The number of alkyl halides is 2. The van der Waals surface area contributed by atoms with Crippen LogP contribution < -0.4 is 26.0 Å². The number of halogens is 4. The number of aromatic nitrogens is 2. The zero-order chi connectivity index (χ0) is 51.2. The summed E-state index contributed by atoms with van der Waals surface area (Å²) in [6.45, 7) is 5.09. The maximum Gasteiger partial charge on any atom is 0.424 e. The van der Waals surface area contributed by atoms with Crippen molar-refractivity contribution in [1.29, 1.82) is 0 Å². The number of quaternary nitrogens is 1. The number of hydrogen-bond acceptors (Lipinski definition) is 14. The fourth-order valence-corrected chi connectivity index (χ4v) is 9.02. The number of carbonyl (C=O) groups is 8. The van der Waals surface area contributed by atoms with Gasteiger partial charge in [-0.15, -0.1) is 0 Å². The lowest BCUT2D eigenvalue weighted by atomic mass is 9.95. The quantitative estimate of drug-likeness (QED) is 0.0548. The lowest BCUT2D eigenvalue weighted by Gasteiger charge is -2.35. The minimum atomic E-state index is -4.87. The van der Waals surface area contributed by atoms with Crippen LogP contribution in [0.3, 0.4) is 0 Å². The largest absolute Gasteiger partial charge is 0.465 e. The Hall–Kier alpha value is -6.01. The predicted molar refractivity (Wildman–Crippen MR) is 243 cm³/mol. The molecule has 374 valence electrons. The number of ketones is 1. The van der Waals surface area contributed by atoms with E-state index >= 15 is 4.79 Å². The van der Waals surface area contributed by atoms with Crippen LogP contribution in [0.15, 0.2) is 66.0 Å². The van der Waals surface area contributed by atoms with Crippen LogP contribution in [0.25, 0.3) is 0 Å². The van der Waals surface area contributed by atoms with E-state index in [1.807, 2.05) is 5.32 Å². The summed E-state index contributed by atoms with van der Waals surface area (Å²) < 4.78 is 65.4. The van der Waals surface area contributed by atoms with Crippen molar-refractivity contribution in [3.05, 3.63) is 87.9 Å². The number of carbonyl (C=O) groups excluding carboxylic acids is 8. The van der Waals surface area contributed by atoms with Gasteiger partial charge in [0.2, 0.25) is 18.1 Å². The molecule has 1 aliphatic heterocycles. The van der Waals surface area contributed by atoms with Gasteiger partial charge < -0.3 is 25.4 Å². The van der Waals surface area contributed by atoms with E-state index in [2.05, 4.69) is 30.7 Å². The van der Waals surface area contributed by atoms with Crippen LogP contribution in [0, 0.1) is 11.8 Å². The number of esters is 1. The van der Waals surface area contributed by atoms with E-state index in [0.717, 1.165) is 24.8 Å².